The van der Waals surface area contributed by atoms with Crippen LogP contribution >= 0.6 is 0 Å². The molecule has 4 rings (SSSR count). The van der Waals surface area contributed by atoms with Crippen molar-refractivity contribution in [2.45, 2.75) is 32.4 Å². The highest BCUT2D eigenvalue weighted by Crippen LogP contribution is 2.25. The number of carbonyl (C=O) groups excluding carboxylic acids is 1. The van der Waals surface area contributed by atoms with Crippen molar-refractivity contribution in [3.8, 4) is 0 Å². The third-order valence-electron chi connectivity index (χ3n) is 6.94. The molecule has 2 aromatic rings. The maximum Gasteiger partial charge on any atom is 0.330 e. The van der Waals surface area contributed by atoms with E-state index in [4.69, 9.17) is 4.98 Å². The van der Waals surface area contributed by atoms with Gasteiger partial charge in [0.25, 0.3) is 0 Å². The molecular formula is C23H39N9O2. The molecule has 0 aliphatic carbocycles. The van der Waals surface area contributed by atoms with Gasteiger partial charge in [0.2, 0.25) is 11.9 Å². The number of hydrogen-bond donors (Lipinski definition) is 1. The summed E-state index contributed by atoms with van der Waals surface area (Å²) in [6.07, 6.45) is 2.59. The van der Waals surface area contributed by atoms with Crippen molar-refractivity contribution in [3.63, 3.8) is 0 Å². The molecular weight excluding hydrogens is 434 g/mol. The molecule has 2 aliphatic heterocycles. The summed E-state index contributed by atoms with van der Waals surface area (Å²) in [6, 6.07) is -0.0123. The molecule has 11 nitrogen and oxygen atoms in total. The molecule has 2 fully saturated rings. The zero-order chi connectivity index (χ0) is 24.4. The van der Waals surface area contributed by atoms with E-state index >= 15 is 0 Å². The lowest BCUT2D eigenvalue weighted by Crippen LogP contribution is -2.45. The Morgan fingerprint density at radius 2 is 1.91 bits per heavy atom. The van der Waals surface area contributed by atoms with Crippen LogP contribution in [-0.4, -0.2) is 125 Å². The first-order valence-electron chi connectivity index (χ1n) is 12.3. The number of rotatable bonds is 8. The number of fused-ring (bicyclic) bond motifs is 1. The largest absolute Gasteiger partial charge is 0.353 e. The lowest BCUT2D eigenvalue weighted by Gasteiger charge is -2.32. The number of amides is 1. The number of hydrogen-bond acceptors (Lipinski definition) is 8. The molecule has 34 heavy (non-hydrogen) atoms. The smallest absolute Gasteiger partial charge is 0.330 e. The zero-order valence-electron chi connectivity index (χ0n) is 21.2. The second kappa shape index (κ2) is 10.4. The normalized spacial score (nSPS) is 20.5. The summed E-state index contributed by atoms with van der Waals surface area (Å²) in [6.45, 7) is 11.9. The number of anilines is 1. The van der Waals surface area contributed by atoms with E-state index in [1.807, 2.05) is 18.4 Å². The number of nitrogens with zero attached hydrogens (tertiary/aromatic N) is 8. The molecule has 2 aliphatic rings. The maximum atomic E-state index is 13.4. The summed E-state index contributed by atoms with van der Waals surface area (Å²) in [5.41, 5.74) is 1.37. The molecule has 1 amide bonds. The van der Waals surface area contributed by atoms with Gasteiger partial charge in [-0.15, -0.1) is 0 Å². The highest BCUT2D eigenvalue weighted by Gasteiger charge is 2.30. The van der Waals surface area contributed by atoms with Crippen LogP contribution < -0.4 is 11.0 Å². The minimum absolute atomic E-state index is 0.00426. The Morgan fingerprint density at radius 1 is 1.18 bits per heavy atom. The molecule has 188 valence electrons. The van der Waals surface area contributed by atoms with Gasteiger partial charge in [0.05, 0.1) is 18.8 Å². The molecule has 1 unspecified atom stereocenters. The quantitative estimate of drug-likeness (QED) is 0.580. The molecule has 0 aromatic carbocycles. The van der Waals surface area contributed by atoms with Crippen LogP contribution in [0.2, 0.25) is 0 Å². The first-order valence-corrected chi connectivity index (χ1v) is 12.3. The van der Waals surface area contributed by atoms with Crippen LogP contribution in [0.3, 0.4) is 0 Å². The highest BCUT2D eigenvalue weighted by molar-refractivity contribution is 5.77. The molecule has 0 bridgehead atoms. The van der Waals surface area contributed by atoms with Gasteiger partial charge in [0.15, 0.2) is 5.65 Å². The molecule has 1 atom stereocenters. The monoisotopic (exact) mass is 473 g/mol. The minimum atomic E-state index is -0.0559. The van der Waals surface area contributed by atoms with Crippen molar-refractivity contribution in [3.05, 3.63) is 16.7 Å². The van der Waals surface area contributed by atoms with Crippen LogP contribution in [0.25, 0.3) is 11.2 Å². The lowest BCUT2D eigenvalue weighted by molar-refractivity contribution is -0.129. The number of piperazine rings is 1. The van der Waals surface area contributed by atoms with Gasteiger partial charge in [-0.1, -0.05) is 0 Å². The van der Waals surface area contributed by atoms with Crippen LogP contribution in [0.1, 0.15) is 32.4 Å². The Hall–Kier alpha value is -2.50. The number of nitrogens with one attached hydrogen (secondary N) is 1. The topological polar surface area (TPSA) is 94.8 Å². The zero-order valence-corrected chi connectivity index (χ0v) is 21.2. The molecule has 0 radical (unpaired) electrons. The average Bonchev–Trinajstić information content (AvgIpc) is 3.35. The van der Waals surface area contributed by atoms with Gasteiger partial charge in [0, 0.05) is 72.5 Å². The van der Waals surface area contributed by atoms with Crippen molar-refractivity contribution >= 4 is 23.0 Å². The van der Waals surface area contributed by atoms with E-state index in [2.05, 4.69) is 32.0 Å². The first kappa shape index (κ1) is 24.6. The number of likely N-dealkylation sites (tertiary alicyclic amines) is 1. The van der Waals surface area contributed by atoms with Crippen LogP contribution in [0, 0.1) is 0 Å². The van der Waals surface area contributed by atoms with Crippen molar-refractivity contribution in [1.29, 1.82) is 0 Å². The van der Waals surface area contributed by atoms with Crippen molar-refractivity contribution in [1.82, 2.24) is 38.7 Å². The number of carbonyl (C=O) groups is 1. The third kappa shape index (κ3) is 5.26. The van der Waals surface area contributed by atoms with E-state index in [1.165, 1.54) is 0 Å². The molecule has 2 saturated heterocycles. The van der Waals surface area contributed by atoms with Gasteiger partial charge in [0.1, 0.15) is 5.52 Å². The van der Waals surface area contributed by atoms with Gasteiger partial charge >= 0.3 is 5.69 Å². The van der Waals surface area contributed by atoms with Crippen molar-refractivity contribution < 1.29 is 4.79 Å². The third-order valence-corrected chi connectivity index (χ3v) is 6.94. The van der Waals surface area contributed by atoms with E-state index in [0.717, 1.165) is 57.8 Å². The fourth-order valence-electron chi connectivity index (χ4n) is 4.82. The summed E-state index contributed by atoms with van der Waals surface area (Å²) in [7, 11) is 5.70. The van der Waals surface area contributed by atoms with E-state index in [1.54, 1.807) is 29.8 Å². The maximum absolute atomic E-state index is 13.4. The van der Waals surface area contributed by atoms with E-state index < -0.39 is 0 Å². The van der Waals surface area contributed by atoms with E-state index in [9.17, 15) is 9.59 Å². The fraction of sp³-hybridized carbons (Fsp3) is 0.739. The molecule has 0 saturated carbocycles. The fourth-order valence-corrected chi connectivity index (χ4v) is 4.82. The first-order chi connectivity index (χ1) is 16.2. The SMILES string of the molecule is CC(C)n1c(=O)n(C2CCN(CC(=O)N(C)C)C2)c2cnc(NCCN3CCN(C)CC3)nc21. The van der Waals surface area contributed by atoms with Gasteiger partial charge in [-0.05, 0) is 27.3 Å². The molecule has 11 heteroatoms. The van der Waals surface area contributed by atoms with Gasteiger partial charge < -0.3 is 15.1 Å². The van der Waals surface area contributed by atoms with E-state index in [0.29, 0.717) is 24.7 Å². The lowest BCUT2D eigenvalue weighted by atomic mass is 10.2. The molecule has 4 heterocycles. The highest BCUT2D eigenvalue weighted by atomic mass is 16.2. The predicted molar refractivity (Wildman–Crippen MR) is 133 cm³/mol. The Labute approximate surface area is 201 Å². The summed E-state index contributed by atoms with van der Waals surface area (Å²) in [5.74, 6) is 0.631. The second-order valence-corrected chi connectivity index (χ2v) is 10.1. The van der Waals surface area contributed by atoms with Crippen LogP contribution in [0.5, 0.6) is 0 Å². The Bertz CT molecular complexity index is 1050. The second-order valence-electron chi connectivity index (χ2n) is 10.1. The van der Waals surface area contributed by atoms with Gasteiger partial charge in [-0.2, -0.15) is 4.98 Å². The summed E-state index contributed by atoms with van der Waals surface area (Å²) in [5, 5.41) is 3.35. The molecule has 2 aromatic heterocycles. The van der Waals surface area contributed by atoms with E-state index in [-0.39, 0.29) is 23.7 Å². The van der Waals surface area contributed by atoms with Crippen molar-refractivity contribution in [2.24, 2.45) is 0 Å². The van der Waals surface area contributed by atoms with Crippen LogP contribution in [0.4, 0.5) is 5.95 Å². The van der Waals surface area contributed by atoms with Crippen LogP contribution in [-0.2, 0) is 4.79 Å². The number of imidazole rings is 1. The van der Waals surface area contributed by atoms with Crippen LogP contribution in [0.15, 0.2) is 11.0 Å². The summed E-state index contributed by atoms with van der Waals surface area (Å²) >= 11 is 0. The average molecular weight is 474 g/mol. The van der Waals surface area contributed by atoms with Gasteiger partial charge in [-0.3, -0.25) is 23.7 Å². The molecule has 0 spiro atoms. The Morgan fingerprint density at radius 3 is 2.59 bits per heavy atom. The number of likely N-dealkylation sites (N-methyl/N-ethyl adjacent to an activating group) is 2. The predicted octanol–water partition coefficient (Wildman–Crippen LogP) is 0.168. The summed E-state index contributed by atoms with van der Waals surface area (Å²) < 4.78 is 3.60. The molecule has 1 N–H and O–H groups in total. The van der Waals surface area contributed by atoms with Gasteiger partial charge in [-0.25, -0.2) is 9.78 Å². The van der Waals surface area contributed by atoms with Crippen molar-refractivity contribution in [2.75, 3.05) is 85.4 Å². The Kier molecular flexibility index (Phi) is 7.54. The summed E-state index contributed by atoms with van der Waals surface area (Å²) in [4.78, 5) is 43.4. The Balaban J connectivity index is 1.50. The standard InChI is InChI=1S/C23H39N9O2/c1-17(2)31-21-19(14-25-22(26-21)24-7-9-29-12-10-28(5)11-13-29)32(23(31)34)18-6-8-30(15-18)16-20(33)27(3)4/h14,17-18H,6-13,15-16H2,1-5H3,(H,24,25,26). The minimum Gasteiger partial charge on any atom is -0.353 e. The number of aromatic nitrogens is 4.